The van der Waals surface area contributed by atoms with E-state index in [0.717, 1.165) is 16.5 Å². The van der Waals surface area contributed by atoms with Gasteiger partial charge in [-0.05, 0) is 48.0 Å². The van der Waals surface area contributed by atoms with E-state index in [2.05, 4.69) is 4.72 Å². The van der Waals surface area contributed by atoms with E-state index in [-0.39, 0.29) is 10.6 Å². The summed E-state index contributed by atoms with van der Waals surface area (Å²) in [4.78, 5) is 0.582. The van der Waals surface area contributed by atoms with Crippen molar-refractivity contribution < 1.29 is 17.5 Å². The molecule has 0 saturated heterocycles. The second-order valence-corrected chi connectivity index (χ2v) is 8.95. The molecule has 0 heterocycles. The van der Waals surface area contributed by atoms with Gasteiger partial charge in [-0.25, -0.2) is 12.8 Å². The zero-order valence-electron chi connectivity index (χ0n) is 14.9. The molecule has 0 saturated carbocycles. The van der Waals surface area contributed by atoms with Crippen LogP contribution >= 0.6 is 23.4 Å². The highest BCUT2D eigenvalue weighted by Gasteiger charge is 2.18. The zero-order valence-corrected chi connectivity index (χ0v) is 17.2. The van der Waals surface area contributed by atoms with Crippen molar-refractivity contribution in [3.05, 3.63) is 83.1 Å². The average Bonchev–Trinajstić information content (AvgIpc) is 2.68. The molecular weight excluding hydrogens is 421 g/mol. The highest BCUT2D eigenvalue weighted by Crippen LogP contribution is 2.32. The minimum atomic E-state index is -3.95. The summed E-state index contributed by atoms with van der Waals surface area (Å²) in [5.74, 6) is -0.110. The number of rotatable bonds is 7. The SMILES string of the molecule is COc1ccc(S(=O)(=O)Nc2ccccc2SCc2ccc(Cl)cc2)cc1F. The maximum atomic E-state index is 13.9. The first-order valence-electron chi connectivity index (χ1n) is 8.22. The third-order valence-corrected chi connectivity index (χ3v) is 6.63. The van der Waals surface area contributed by atoms with Crippen LogP contribution in [0.25, 0.3) is 0 Å². The van der Waals surface area contributed by atoms with Gasteiger partial charge in [0.15, 0.2) is 11.6 Å². The van der Waals surface area contributed by atoms with Gasteiger partial charge in [0.2, 0.25) is 0 Å². The standard InChI is InChI=1S/C20H17ClFNO3S2/c1-26-19-11-10-16(12-17(19)22)28(24,25)23-18-4-2-3-5-20(18)27-13-14-6-8-15(21)9-7-14/h2-12,23H,13H2,1H3. The van der Waals surface area contributed by atoms with Crippen molar-refractivity contribution in [2.45, 2.75) is 15.5 Å². The van der Waals surface area contributed by atoms with Crippen LogP contribution in [0.3, 0.4) is 0 Å². The van der Waals surface area contributed by atoms with Gasteiger partial charge in [-0.2, -0.15) is 0 Å². The number of sulfonamides is 1. The molecule has 3 aromatic rings. The molecule has 3 rings (SSSR count). The number of nitrogens with one attached hydrogen (secondary N) is 1. The van der Waals surface area contributed by atoms with Gasteiger partial charge < -0.3 is 4.74 Å². The summed E-state index contributed by atoms with van der Waals surface area (Å²) in [5, 5.41) is 0.661. The van der Waals surface area contributed by atoms with E-state index < -0.39 is 15.8 Å². The van der Waals surface area contributed by atoms with Crippen LogP contribution in [0.1, 0.15) is 5.56 Å². The summed E-state index contributed by atoms with van der Waals surface area (Å²) >= 11 is 7.38. The van der Waals surface area contributed by atoms with Crippen LogP contribution in [0.4, 0.5) is 10.1 Å². The van der Waals surface area contributed by atoms with Crippen molar-refractivity contribution in [2.75, 3.05) is 11.8 Å². The van der Waals surface area contributed by atoms with Crippen LogP contribution in [0.5, 0.6) is 5.75 Å². The van der Waals surface area contributed by atoms with Gasteiger partial charge in [0, 0.05) is 15.7 Å². The normalized spacial score (nSPS) is 11.2. The lowest BCUT2D eigenvalue weighted by atomic mass is 10.2. The van der Waals surface area contributed by atoms with Gasteiger partial charge in [-0.1, -0.05) is 35.9 Å². The number of methoxy groups -OCH3 is 1. The molecule has 0 aromatic heterocycles. The number of hydrogen-bond acceptors (Lipinski definition) is 4. The summed E-state index contributed by atoms with van der Waals surface area (Å²) in [5.41, 5.74) is 1.49. The Balaban J connectivity index is 1.80. The van der Waals surface area contributed by atoms with Crippen molar-refractivity contribution in [2.24, 2.45) is 0 Å². The predicted molar refractivity (Wildman–Crippen MR) is 111 cm³/mol. The van der Waals surface area contributed by atoms with Crippen LogP contribution in [0.2, 0.25) is 5.02 Å². The molecule has 0 aliphatic rings. The topological polar surface area (TPSA) is 55.4 Å². The molecular formula is C20H17ClFNO3S2. The molecule has 0 atom stereocenters. The first kappa shape index (κ1) is 20.5. The minimum absolute atomic E-state index is 0.0159. The van der Waals surface area contributed by atoms with E-state index in [9.17, 15) is 12.8 Å². The molecule has 0 aliphatic heterocycles. The number of hydrogen-bond donors (Lipinski definition) is 1. The van der Waals surface area contributed by atoms with Gasteiger partial charge in [0.05, 0.1) is 17.7 Å². The lowest BCUT2D eigenvalue weighted by Gasteiger charge is -2.13. The molecule has 0 unspecified atom stereocenters. The maximum absolute atomic E-state index is 13.9. The molecule has 1 N–H and O–H groups in total. The Labute approximate surface area is 172 Å². The Morgan fingerprint density at radius 1 is 1.07 bits per heavy atom. The predicted octanol–water partition coefficient (Wildman–Crippen LogP) is 5.58. The fraction of sp³-hybridized carbons (Fsp3) is 0.100. The van der Waals surface area contributed by atoms with Crippen molar-refractivity contribution in [1.29, 1.82) is 0 Å². The Bertz CT molecular complexity index is 1070. The lowest BCUT2D eigenvalue weighted by Crippen LogP contribution is -2.14. The van der Waals surface area contributed by atoms with Crippen molar-refractivity contribution in [3.8, 4) is 5.75 Å². The van der Waals surface area contributed by atoms with E-state index in [4.69, 9.17) is 16.3 Å². The monoisotopic (exact) mass is 437 g/mol. The molecule has 4 nitrogen and oxygen atoms in total. The summed E-state index contributed by atoms with van der Waals surface area (Å²) in [7, 11) is -2.63. The van der Waals surface area contributed by atoms with E-state index >= 15 is 0 Å². The molecule has 0 fully saturated rings. The van der Waals surface area contributed by atoms with Crippen LogP contribution in [0.15, 0.2) is 76.5 Å². The van der Waals surface area contributed by atoms with E-state index in [1.807, 2.05) is 36.4 Å². The number of para-hydroxylation sites is 1. The van der Waals surface area contributed by atoms with E-state index in [0.29, 0.717) is 16.5 Å². The maximum Gasteiger partial charge on any atom is 0.262 e. The number of anilines is 1. The van der Waals surface area contributed by atoms with Crippen LogP contribution in [0, 0.1) is 5.82 Å². The van der Waals surface area contributed by atoms with Crippen molar-refractivity contribution in [1.82, 2.24) is 0 Å². The summed E-state index contributed by atoms with van der Waals surface area (Å²) in [6.45, 7) is 0. The molecule has 8 heteroatoms. The second kappa shape index (κ2) is 8.86. The summed E-state index contributed by atoms with van der Waals surface area (Å²) in [6.07, 6.45) is 0. The molecule has 0 bridgehead atoms. The summed E-state index contributed by atoms with van der Waals surface area (Å²) < 4.78 is 46.6. The number of halogens is 2. The number of thioether (sulfide) groups is 1. The minimum Gasteiger partial charge on any atom is -0.494 e. The second-order valence-electron chi connectivity index (χ2n) is 5.81. The van der Waals surface area contributed by atoms with Gasteiger partial charge in [-0.3, -0.25) is 4.72 Å². The largest absolute Gasteiger partial charge is 0.494 e. The zero-order chi connectivity index (χ0) is 20.1. The molecule has 3 aromatic carbocycles. The van der Waals surface area contributed by atoms with Gasteiger partial charge in [0.25, 0.3) is 10.0 Å². The van der Waals surface area contributed by atoms with Crippen LogP contribution in [-0.2, 0) is 15.8 Å². The molecule has 0 spiro atoms. The van der Waals surface area contributed by atoms with E-state index in [1.165, 1.54) is 31.0 Å². The van der Waals surface area contributed by atoms with Gasteiger partial charge >= 0.3 is 0 Å². The van der Waals surface area contributed by atoms with Crippen LogP contribution < -0.4 is 9.46 Å². The van der Waals surface area contributed by atoms with Gasteiger partial charge in [-0.15, -0.1) is 11.8 Å². The molecule has 0 radical (unpaired) electrons. The number of benzene rings is 3. The highest BCUT2D eigenvalue weighted by molar-refractivity contribution is 7.98. The fourth-order valence-corrected chi connectivity index (χ4v) is 4.68. The third-order valence-electron chi connectivity index (χ3n) is 3.87. The quantitative estimate of drug-likeness (QED) is 0.490. The third kappa shape index (κ3) is 4.98. The highest BCUT2D eigenvalue weighted by atomic mass is 35.5. The Hall–Kier alpha value is -2.22. The number of ether oxygens (including phenoxy) is 1. The lowest BCUT2D eigenvalue weighted by molar-refractivity contribution is 0.385. The van der Waals surface area contributed by atoms with Gasteiger partial charge in [0.1, 0.15) is 0 Å². The molecule has 0 aliphatic carbocycles. The molecule has 146 valence electrons. The van der Waals surface area contributed by atoms with Crippen LogP contribution in [-0.4, -0.2) is 15.5 Å². The Morgan fingerprint density at radius 3 is 2.46 bits per heavy atom. The van der Waals surface area contributed by atoms with E-state index in [1.54, 1.807) is 12.1 Å². The average molecular weight is 438 g/mol. The summed E-state index contributed by atoms with van der Waals surface area (Å²) in [6, 6.07) is 18.0. The Kier molecular flexibility index (Phi) is 6.49. The molecule has 28 heavy (non-hydrogen) atoms. The fourth-order valence-electron chi connectivity index (χ4n) is 2.44. The molecule has 0 amide bonds. The van der Waals surface area contributed by atoms with Crippen molar-refractivity contribution in [3.63, 3.8) is 0 Å². The Morgan fingerprint density at radius 2 is 1.79 bits per heavy atom. The first-order valence-corrected chi connectivity index (χ1v) is 11.1. The smallest absolute Gasteiger partial charge is 0.262 e. The van der Waals surface area contributed by atoms with Crippen molar-refractivity contribution >= 4 is 39.1 Å². The first-order chi connectivity index (χ1) is 13.4.